The minimum absolute atomic E-state index is 0.168. The Hall–Kier alpha value is -2.93. The van der Waals surface area contributed by atoms with Crippen molar-refractivity contribution in [1.82, 2.24) is 19.7 Å². The SMILES string of the molecule is COc1ccc(C(NC(=O)c2cn3ccccc3n2)C2CC(O)C2)cn1. The second-order valence-corrected chi connectivity index (χ2v) is 6.56. The lowest BCUT2D eigenvalue weighted by Crippen LogP contribution is -2.41. The van der Waals surface area contributed by atoms with Gasteiger partial charge in [-0.25, -0.2) is 9.97 Å². The first-order valence-corrected chi connectivity index (χ1v) is 8.56. The highest BCUT2D eigenvalue weighted by molar-refractivity contribution is 5.93. The van der Waals surface area contributed by atoms with E-state index in [1.165, 1.54) is 0 Å². The average Bonchev–Trinajstić information content (AvgIpc) is 3.08. The van der Waals surface area contributed by atoms with Gasteiger partial charge in [-0.05, 0) is 36.5 Å². The van der Waals surface area contributed by atoms with Crippen LogP contribution in [0.4, 0.5) is 0 Å². The first kappa shape index (κ1) is 16.5. The molecule has 26 heavy (non-hydrogen) atoms. The predicted molar refractivity (Wildman–Crippen MR) is 94.9 cm³/mol. The van der Waals surface area contributed by atoms with E-state index in [1.54, 1.807) is 25.6 Å². The Morgan fingerprint density at radius 1 is 1.35 bits per heavy atom. The second kappa shape index (κ2) is 6.76. The normalized spacial score (nSPS) is 20.4. The Morgan fingerprint density at radius 2 is 2.19 bits per heavy atom. The number of nitrogens with zero attached hydrogens (tertiary/aromatic N) is 3. The second-order valence-electron chi connectivity index (χ2n) is 6.56. The van der Waals surface area contributed by atoms with Gasteiger partial charge in [-0.2, -0.15) is 0 Å². The fourth-order valence-corrected chi connectivity index (χ4v) is 3.33. The maximum absolute atomic E-state index is 12.8. The van der Waals surface area contributed by atoms with Crippen molar-refractivity contribution in [3.8, 4) is 5.88 Å². The zero-order valence-corrected chi connectivity index (χ0v) is 14.4. The number of rotatable bonds is 5. The molecular weight excluding hydrogens is 332 g/mol. The third kappa shape index (κ3) is 3.13. The fourth-order valence-electron chi connectivity index (χ4n) is 3.33. The van der Waals surface area contributed by atoms with E-state index < -0.39 is 0 Å². The molecule has 1 saturated carbocycles. The van der Waals surface area contributed by atoms with Crippen LogP contribution in [-0.2, 0) is 0 Å². The zero-order chi connectivity index (χ0) is 18.1. The number of aromatic nitrogens is 3. The number of aliphatic hydroxyl groups is 1. The van der Waals surface area contributed by atoms with Crippen molar-refractivity contribution in [1.29, 1.82) is 0 Å². The van der Waals surface area contributed by atoms with Gasteiger partial charge in [0, 0.05) is 24.7 Å². The number of ether oxygens (including phenoxy) is 1. The summed E-state index contributed by atoms with van der Waals surface area (Å²) in [5.74, 6) is 0.449. The summed E-state index contributed by atoms with van der Waals surface area (Å²) in [5.41, 5.74) is 1.97. The number of methoxy groups -OCH3 is 1. The van der Waals surface area contributed by atoms with E-state index in [2.05, 4.69) is 15.3 Å². The van der Waals surface area contributed by atoms with Crippen LogP contribution < -0.4 is 10.1 Å². The number of hydrogen-bond acceptors (Lipinski definition) is 5. The molecule has 3 heterocycles. The topological polar surface area (TPSA) is 88.8 Å². The van der Waals surface area contributed by atoms with Crippen LogP contribution in [0.1, 0.15) is 34.9 Å². The summed E-state index contributed by atoms with van der Waals surface area (Å²) in [4.78, 5) is 21.4. The number of carbonyl (C=O) groups is 1. The molecule has 1 aliphatic rings. The third-order valence-corrected chi connectivity index (χ3v) is 4.83. The van der Waals surface area contributed by atoms with Crippen LogP contribution in [-0.4, -0.2) is 38.6 Å². The molecule has 1 aliphatic carbocycles. The highest BCUT2D eigenvalue weighted by Gasteiger charge is 2.36. The Bertz CT molecular complexity index is 883. The number of amides is 1. The summed E-state index contributed by atoms with van der Waals surface area (Å²) >= 11 is 0. The molecule has 7 nitrogen and oxygen atoms in total. The maximum Gasteiger partial charge on any atom is 0.272 e. The van der Waals surface area contributed by atoms with Crippen molar-refractivity contribution in [2.45, 2.75) is 25.0 Å². The van der Waals surface area contributed by atoms with Gasteiger partial charge in [-0.15, -0.1) is 0 Å². The maximum atomic E-state index is 12.8. The molecule has 1 unspecified atom stereocenters. The van der Waals surface area contributed by atoms with Gasteiger partial charge in [0.05, 0.1) is 19.3 Å². The summed E-state index contributed by atoms with van der Waals surface area (Å²) in [6, 6.07) is 9.06. The summed E-state index contributed by atoms with van der Waals surface area (Å²) in [5, 5.41) is 12.7. The van der Waals surface area contributed by atoms with Gasteiger partial charge in [0.25, 0.3) is 5.91 Å². The number of hydrogen-bond donors (Lipinski definition) is 2. The van der Waals surface area contributed by atoms with E-state index in [0.29, 0.717) is 24.4 Å². The number of aliphatic hydroxyl groups excluding tert-OH is 1. The molecule has 1 fully saturated rings. The molecule has 0 radical (unpaired) electrons. The summed E-state index contributed by atoms with van der Waals surface area (Å²) < 4.78 is 6.91. The van der Waals surface area contributed by atoms with Gasteiger partial charge in [0.2, 0.25) is 5.88 Å². The largest absolute Gasteiger partial charge is 0.481 e. The quantitative estimate of drug-likeness (QED) is 0.733. The molecule has 1 amide bonds. The van der Waals surface area contributed by atoms with Crippen LogP contribution in [0.25, 0.3) is 5.65 Å². The van der Waals surface area contributed by atoms with E-state index in [0.717, 1.165) is 11.2 Å². The van der Waals surface area contributed by atoms with Crippen molar-refractivity contribution in [3.05, 3.63) is 60.2 Å². The molecule has 0 saturated heterocycles. The van der Waals surface area contributed by atoms with Gasteiger partial charge in [0.1, 0.15) is 11.3 Å². The molecular formula is C19H20N4O3. The van der Waals surface area contributed by atoms with Gasteiger partial charge in [0.15, 0.2) is 0 Å². The lowest BCUT2D eigenvalue weighted by Gasteiger charge is -2.38. The van der Waals surface area contributed by atoms with E-state index >= 15 is 0 Å². The summed E-state index contributed by atoms with van der Waals surface area (Å²) in [6.07, 6.45) is 6.28. The van der Waals surface area contributed by atoms with Crippen LogP contribution in [0.5, 0.6) is 5.88 Å². The molecule has 7 heteroatoms. The number of fused-ring (bicyclic) bond motifs is 1. The molecule has 0 spiro atoms. The average molecular weight is 352 g/mol. The minimum Gasteiger partial charge on any atom is -0.481 e. The monoisotopic (exact) mass is 352 g/mol. The lowest BCUT2D eigenvalue weighted by molar-refractivity contribution is 0.0234. The highest BCUT2D eigenvalue weighted by Crippen LogP contribution is 2.38. The minimum atomic E-state index is -0.305. The van der Waals surface area contributed by atoms with Gasteiger partial charge in [-0.1, -0.05) is 12.1 Å². The van der Waals surface area contributed by atoms with Crippen LogP contribution >= 0.6 is 0 Å². The molecule has 4 rings (SSSR count). The van der Waals surface area contributed by atoms with E-state index in [1.807, 2.05) is 34.9 Å². The molecule has 0 aromatic carbocycles. The van der Waals surface area contributed by atoms with Gasteiger partial charge >= 0.3 is 0 Å². The number of nitrogens with one attached hydrogen (secondary N) is 1. The fraction of sp³-hybridized carbons (Fsp3) is 0.316. The highest BCUT2D eigenvalue weighted by atomic mass is 16.5. The van der Waals surface area contributed by atoms with Gasteiger partial charge < -0.3 is 19.6 Å². The number of imidazole rings is 1. The first-order chi connectivity index (χ1) is 12.6. The van der Waals surface area contributed by atoms with Crippen molar-refractivity contribution in [2.24, 2.45) is 5.92 Å². The Balaban J connectivity index is 1.58. The number of pyridine rings is 2. The first-order valence-electron chi connectivity index (χ1n) is 8.56. The Morgan fingerprint density at radius 3 is 2.85 bits per heavy atom. The molecule has 0 bridgehead atoms. The van der Waals surface area contributed by atoms with Crippen LogP contribution in [0.15, 0.2) is 48.9 Å². The third-order valence-electron chi connectivity index (χ3n) is 4.83. The van der Waals surface area contributed by atoms with E-state index in [4.69, 9.17) is 4.74 Å². The molecule has 2 N–H and O–H groups in total. The van der Waals surface area contributed by atoms with Crippen LogP contribution in [0.3, 0.4) is 0 Å². The van der Waals surface area contributed by atoms with Crippen molar-refractivity contribution in [2.75, 3.05) is 7.11 Å². The molecule has 0 aliphatic heterocycles. The van der Waals surface area contributed by atoms with Gasteiger partial charge in [-0.3, -0.25) is 4.79 Å². The Kier molecular flexibility index (Phi) is 4.30. The number of carbonyl (C=O) groups excluding carboxylic acids is 1. The zero-order valence-electron chi connectivity index (χ0n) is 14.4. The summed E-state index contributed by atoms with van der Waals surface area (Å²) in [6.45, 7) is 0. The Labute approximate surface area is 150 Å². The predicted octanol–water partition coefficient (Wildman–Crippen LogP) is 1.98. The standard InChI is InChI=1S/C19H20N4O3/c1-26-17-6-5-12(10-20-17)18(13-8-14(24)9-13)22-19(25)15-11-23-7-3-2-4-16(23)21-15/h2-7,10-11,13-14,18,24H,8-9H2,1H3,(H,22,25). The van der Waals surface area contributed by atoms with Crippen LogP contribution in [0, 0.1) is 5.92 Å². The molecule has 1 atom stereocenters. The molecule has 134 valence electrons. The van der Waals surface area contributed by atoms with Crippen molar-refractivity contribution < 1.29 is 14.6 Å². The summed E-state index contributed by atoms with van der Waals surface area (Å²) in [7, 11) is 1.56. The van der Waals surface area contributed by atoms with Crippen molar-refractivity contribution in [3.63, 3.8) is 0 Å². The molecule has 3 aromatic rings. The van der Waals surface area contributed by atoms with Crippen molar-refractivity contribution >= 4 is 11.6 Å². The van der Waals surface area contributed by atoms with E-state index in [-0.39, 0.29) is 24.0 Å². The van der Waals surface area contributed by atoms with E-state index in [9.17, 15) is 9.90 Å². The lowest BCUT2D eigenvalue weighted by atomic mass is 9.75. The van der Waals surface area contributed by atoms with Crippen LogP contribution in [0.2, 0.25) is 0 Å². The smallest absolute Gasteiger partial charge is 0.272 e. The molecule has 3 aromatic heterocycles.